The number of hydrogen-bond acceptors (Lipinski definition) is 3. The largest absolute Gasteiger partial charge is 0.360 e. The van der Waals surface area contributed by atoms with Gasteiger partial charge in [0.1, 0.15) is 5.76 Å². The molecule has 2 aromatic rings. The molecule has 1 aromatic heterocycles. The Kier molecular flexibility index (Phi) is 3.42. The number of rotatable bonds is 3. The van der Waals surface area contributed by atoms with Crippen LogP contribution in [0.25, 0.3) is 0 Å². The van der Waals surface area contributed by atoms with Gasteiger partial charge < -0.3 is 9.84 Å². The normalized spacial score (nSPS) is 19.2. The number of aryl methyl sites for hydroxylation is 1. The van der Waals surface area contributed by atoms with Gasteiger partial charge in [0.2, 0.25) is 0 Å². The van der Waals surface area contributed by atoms with Gasteiger partial charge in [-0.15, -0.1) is 0 Å². The summed E-state index contributed by atoms with van der Waals surface area (Å²) in [5.74, 6) is 0.900. The molecule has 1 heterocycles. The van der Waals surface area contributed by atoms with Gasteiger partial charge in [-0.05, 0) is 30.4 Å². The van der Waals surface area contributed by atoms with Gasteiger partial charge in [-0.2, -0.15) is 0 Å². The fourth-order valence-corrected chi connectivity index (χ4v) is 2.69. The molecular formula is C15H18N2O. The molecule has 3 rings (SSSR count). The second kappa shape index (κ2) is 5.36. The summed E-state index contributed by atoms with van der Waals surface area (Å²) in [6.07, 6.45) is 6.67. The fraction of sp³-hybridized carbons (Fsp3) is 0.400. The summed E-state index contributed by atoms with van der Waals surface area (Å²) >= 11 is 0. The summed E-state index contributed by atoms with van der Waals surface area (Å²) in [7, 11) is 0. The van der Waals surface area contributed by atoms with Gasteiger partial charge in [0.25, 0.3) is 0 Å². The number of fused-ring (bicyclic) bond motifs is 1. The maximum atomic E-state index is 5.13. The predicted octanol–water partition coefficient (Wildman–Crippen LogP) is 3.23. The smallest absolute Gasteiger partial charge is 0.150 e. The minimum atomic E-state index is 0.439. The van der Waals surface area contributed by atoms with Crippen molar-refractivity contribution in [2.24, 2.45) is 0 Å². The Morgan fingerprint density at radius 3 is 3.06 bits per heavy atom. The molecule has 3 nitrogen and oxygen atoms in total. The van der Waals surface area contributed by atoms with Crippen LogP contribution in [0.4, 0.5) is 0 Å². The molecule has 0 radical (unpaired) electrons. The highest BCUT2D eigenvalue weighted by Crippen LogP contribution is 2.28. The second-order valence-corrected chi connectivity index (χ2v) is 4.86. The highest BCUT2D eigenvalue weighted by molar-refractivity contribution is 5.31. The summed E-state index contributed by atoms with van der Waals surface area (Å²) in [4.78, 5) is 0. The van der Waals surface area contributed by atoms with E-state index in [4.69, 9.17) is 4.52 Å². The lowest BCUT2D eigenvalue weighted by Crippen LogP contribution is -2.20. The molecular weight excluding hydrogens is 224 g/mol. The molecule has 0 amide bonds. The first-order chi connectivity index (χ1) is 8.93. The highest BCUT2D eigenvalue weighted by atomic mass is 16.5. The molecule has 1 unspecified atom stereocenters. The highest BCUT2D eigenvalue weighted by Gasteiger charge is 2.17. The van der Waals surface area contributed by atoms with Gasteiger partial charge >= 0.3 is 0 Å². The van der Waals surface area contributed by atoms with E-state index in [1.807, 2.05) is 6.07 Å². The maximum absolute atomic E-state index is 5.13. The lowest BCUT2D eigenvalue weighted by Gasteiger charge is -2.18. The molecule has 0 saturated carbocycles. The molecule has 1 N–H and O–H groups in total. The van der Waals surface area contributed by atoms with E-state index in [0.717, 1.165) is 12.3 Å². The summed E-state index contributed by atoms with van der Waals surface area (Å²) < 4.78 is 5.13. The Morgan fingerprint density at radius 1 is 1.22 bits per heavy atom. The van der Waals surface area contributed by atoms with Crippen LogP contribution in [0.1, 0.15) is 42.2 Å². The molecule has 94 valence electrons. The minimum absolute atomic E-state index is 0.439. The van der Waals surface area contributed by atoms with E-state index in [1.165, 1.54) is 36.8 Å². The first kappa shape index (κ1) is 11.5. The van der Waals surface area contributed by atoms with Crippen LogP contribution >= 0.6 is 0 Å². The topological polar surface area (TPSA) is 38.1 Å². The van der Waals surface area contributed by atoms with E-state index in [-0.39, 0.29) is 0 Å². The number of hydrogen-bond donors (Lipinski definition) is 1. The van der Waals surface area contributed by atoms with Crippen molar-refractivity contribution < 1.29 is 4.52 Å². The quantitative estimate of drug-likeness (QED) is 0.840. The van der Waals surface area contributed by atoms with E-state index in [9.17, 15) is 0 Å². The van der Waals surface area contributed by atoms with Crippen molar-refractivity contribution in [2.75, 3.05) is 0 Å². The van der Waals surface area contributed by atoms with Gasteiger partial charge in [0.15, 0.2) is 0 Å². The van der Waals surface area contributed by atoms with Gasteiger partial charge in [-0.1, -0.05) is 35.8 Å². The predicted molar refractivity (Wildman–Crippen MR) is 70.1 cm³/mol. The summed E-state index contributed by atoms with van der Waals surface area (Å²) in [5.41, 5.74) is 2.94. The molecule has 18 heavy (non-hydrogen) atoms. The first-order valence-electron chi connectivity index (χ1n) is 6.64. The average Bonchev–Trinajstić information content (AvgIpc) is 2.84. The summed E-state index contributed by atoms with van der Waals surface area (Å²) in [5, 5.41) is 7.32. The van der Waals surface area contributed by atoms with Crippen molar-refractivity contribution in [3.8, 4) is 0 Å². The number of aromatic nitrogens is 1. The molecule has 1 aromatic carbocycles. The molecule has 0 saturated heterocycles. The Morgan fingerprint density at radius 2 is 2.17 bits per heavy atom. The van der Waals surface area contributed by atoms with E-state index < -0.39 is 0 Å². The van der Waals surface area contributed by atoms with Gasteiger partial charge in [-0.25, -0.2) is 0 Å². The van der Waals surface area contributed by atoms with Crippen LogP contribution in [0.15, 0.2) is 41.1 Å². The first-order valence-corrected chi connectivity index (χ1v) is 6.64. The third-order valence-electron chi connectivity index (χ3n) is 3.63. The zero-order valence-corrected chi connectivity index (χ0v) is 10.4. The second-order valence-electron chi connectivity index (χ2n) is 4.86. The van der Waals surface area contributed by atoms with Crippen molar-refractivity contribution in [3.05, 3.63) is 53.4 Å². The van der Waals surface area contributed by atoms with Crippen molar-refractivity contribution in [2.45, 2.75) is 38.3 Å². The molecule has 1 aliphatic carbocycles. The fourth-order valence-electron chi connectivity index (χ4n) is 2.69. The number of nitrogens with zero attached hydrogens (tertiary/aromatic N) is 1. The third kappa shape index (κ3) is 2.46. The molecule has 0 bridgehead atoms. The van der Waals surface area contributed by atoms with Gasteiger partial charge in [0.05, 0.1) is 12.7 Å². The average molecular weight is 242 g/mol. The standard InChI is InChI=1S/C15H18N2O/c1-3-7-14-12(5-1)6-2-4-8-15(14)16-11-13-9-10-17-18-13/h1,3,5,7,9-10,15-16H,2,4,6,8,11H2. The summed E-state index contributed by atoms with van der Waals surface area (Å²) in [6.45, 7) is 0.749. The zero-order chi connectivity index (χ0) is 12.2. The van der Waals surface area contributed by atoms with Gasteiger partial charge in [-0.3, -0.25) is 0 Å². The van der Waals surface area contributed by atoms with Gasteiger partial charge in [0, 0.05) is 12.1 Å². The van der Waals surface area contributed by atoms with E-state index in [0.29, 0.717) is 6.04 Å². The zero-order valence-electron chi connectivity index (χ0n) is 10.4. The van der Waals surface area contributed by atoms with Crippen LogP contribution in [0.5, 0.6) is 0 Å². The maximum Gasteiger partial charge on any atom is 0.150 e. The molecule has 0 spiro atoms. The Labute approximate surface area is 107 Å². The van der Waals surface area contributed by atoms with Crippen molar-refractivity contribution in [1.29, 1.82) is 0 Å². The van der Waals surface area contributed by atoms with Crippen molar-refractivity contribution in [3.63, 3.8) is 0 Å². The Balaban J connectivity index is 1.75. The van der Waals surface area contributed by atoms with Crippen molar-refractivity contribution in [1.82, 2.24) is 10.5 Å². The Bertz CT molecular complexity index is 493. The van der Waals surface area contributed by atoms with E-state index >= 15 is 0 Å². The van der Waals surface area contributed by atoms with Crippen LogP contribution < -0.4 is 5.32 Å². The van der Waals surface area contributed by atoms with Crippen LogP contribution in [0.2, 0.25) is 0 Å². The third-order valence-corrected chi connectivity index (χ3v) is 3.63. The Hall–Kier alpha value is -1.61. The molecule has 0 fully saturated rings. The number of benzene rings is 1. The molecule has 0 aliphatic heterocycles. The number of nitrogens with one attached hydrogen (secondary N) is 1. The SMILES string of the molecule is c1ccc2c(c1)CCCCC2NCc1ccno1. The minimum Gasteiger partial charge on any atom is -0.360 e. The van der Waals surface area contributed by atoms with E-state index in [2.05, 4.69) is 34.7 Å². The lowest BCUT2D eigenvalue weighted by molar-refractivity contribution is 0.359. The van der Waals surface area contributed by atoms with Crippen LogP contribution in [0.3, 0.4) is 0 Å². The monoisotopic (exact) mass is 242 g/mol. The van der Waals surface area contributed by atoms with E-state index in [1.54, 1.807) is 6.20 Å². The van der Waals surface area contributed by atoms with Crippen molar-refractivity contribution >= 4 is 0 Å². The summed E-state index contributed by atoms with van der Waals surface area (Å²) in [6, 6.07) is 11.1. The molecule has 1 atom stereocenters. The van der Waals surface area contributed by atoms with Crippen LogP contribution in [0, 0.1) is 0 Å². The molecule has 1 aliphatic rings. The lowest BCUT2D eigenvalue weighted by atomic mass is 9.99. The van der Waals surface area contributed by atoms with Crippen LogP contribution in [-0.2, 0) is 13.0 Å². The van der Waals surface area contributed by atoms with Crippen LogP contribution in [-0.4, -0.2) is 5.16 Å². The molecule has 3 heteroatoms.